The summed E-state index contributed by atoms with van der Waals surface area (Å²) in [4.78, 5) is 26.8. The summed E-state index contributed by atoms with van der Waals surface area (Å²) >= 11 is 0. The highest BCUT2D eigenvalue weighted by Crippen LogP contribution is 2.34. The summed E-state index contributed by atoms with van der Waals surface area (Å²) in [5.41, 5.74) is 6.10. The van der Waals surface area contributed by atoms with Crippen LogP contribution in [-0.2, 0) is 9.59 Å². The van der Waals surface area contributed by atoms with Crippen molar-refractivity contribution in [2.45, 2.75) is 64.0 Å². The van der Waals surface area contributed by atoms with E-state index in [4.69, 9.17) is 5.73 Å². The Bertz CT molecular complexity index is 478. The van der Waals surface area contributed by atoms with Crippen molar-refractivity contribution in [2.75, 3.05) is 20.1 Å². The fourth-order valence-electron chi connectivity index (χ4n) is 3.92. The molecule has 0 bridgehead atoms. The number of hydrogen-bond acceptors (Lipinski definition) is 3. The lowest BCUT2D eigenvalue weighted by molar-refractivity contribution is -0.134. The summed E-state index contributed by atoms with van der Waals surface area (Å²) in [5, 5.41) is 0. The maximum absolute atomic E-state index is 13.3. The molecule has 0 radical (unpaired) electrons. The van der Waals surface area contributed by atoms with E-state index in [0.717, 1.165) is 25.7 Å². The number of amides is 2. The zero-order valence-electron chi connectivity index (χ0n) is 14.8. The van der Waals surface area contributed by atoms with Crippen molar-refractivity contribution in [3.8, 4) is 0 Å². The van der Waals surface area contributed by atoms with Crippen LogP contribution in [0.25, 0.3) is 0 Å². The van der Waals surface area contributed by atoms with Gasteiger partial charge in [-0.25, -0.2) is 8.78 Å². The lowest BCUT2D eigenvalue weighted by Gasteiger charge is -2.38. The molecule has 2 N–H and O–H groups in total. The Morgan fingerprint density at radius 1 is 1.25 bits per heavy atom. The number of hydrogen-bond donors (Lipinski definition) is 1. The molecular weight excluding hydrogens is 316 g/mol. The molecule has 1 saturated carbocycles. The van der Waals surface area contributed by atoms with E-state index in [1.807, 2.05) is 14.0 Å². The summed E-state index contributed by atoms with van der Waals surface area (Å²) in [6, 6.07) is -0.485. The number of carbonyl (C=O) groups excluding carboxylic acids is 2. The van der Waals surface area contributed by atoms with Crippen LogP contribution in [-0.4, -0.2) is 59.8 Å². The minimum absolute atomic E-state index is 0.0460. The number of alkyl halides is 2. The second-order valence-corrected chi connectivity index (χ2v) is 7.45. The van der Waals surface area contributed by atoms with Crippen LogP contribution < -0.4 is 5.73 Å². The molecule has 0 unspecified atom stereocenters. The first-order valence-corrected chi connectivity index (χ1v) is 8.78. The standard InChI is InChI=1S/C17H29F2N3O2/c1-11(13-4-6-14(7-5-13)21(3)12(2)23)15(20)16(24)22-9-8-17(18,19)10-22/h11,13-15H,4-10,20H2,1-3H3/t11-,13?,14?,15-/m0/s1. The van der Waals surface area contributed by atoms with E-state index in [-0.39, 0.29) is 36.7 Å². The van der Waals surface area contributed by atoms with Crippen LogP contribution in [0.3, 0.4) is 0 Å². The lowest BCUT2D eigenvalue weighted by atomic mass is 9.75. The maximum atomic E-state index is 13.3. The molecule has 138 valence electrons. The van der Waals surface area contributed by atoms with E-state index in [0.29, 0.717) is 5.92 Å². The molecular formula is C17H29F2N3O2. The van der Waals surface area contributed by atoms with Gasteiger partial charge >= 0.3 is 0 Å². The number of likely N-dealkylation sites (tertiary alicyclic amines) is 1. The number of carbonyl (C=O) groups is 2. The molecule has 24 heavy (non-hydrogen) atoms. The molecule has 0 aromatic rings. The van der Waals surface area contributed by atoms with Gasteiger partial charge in [0.25, 0.3) is 5.92 Å². The minimum atomic E-state index is -2.78. The predicted octanol–water partition coefficient (Wildman–Crippen LogP) is 1.85. The van der Waals surface area contributed by atoms with E-state index in [9.17, 15) is 18.4 Å². The Morgan fingerprint density at radius 2 is 1.83 bits per heavy atom. The third kappa shape index (κ3) is 4.23. The van der Waals surface area contributed by atoms with Gasteiger partial charge in [0.15, 0.2) is 0 Å². The maximum Gasteiger partial charge on any atom is 0.267 e. The zero-order valence-corrected chi connectivity index (χ0v) is 14.8. The Balaban J connectivity index is 1.87. The van der Waals surface area contributed by atoms with Gasteiger partial charge in [0.05, 0.1) is 12.6 Å². The zero-order chi connectivity index (χ0) is 18.1. The highest BCUT2D eigenvalue weighted by molar-refractivity contribution is 5.82. The smallest absolute Gasteiger partial charge is 0.267 e. The third-order valence-corrected chi connectivity index (χ3v) is 5.86. The number of nitrogens with two attached hydrogens (primary N) is 1. The Morgan fingerprint density at radius 3 is 2.29 bits per heavy atom. The van der Waals surface area contributed by atoms with E-state index in [2.05, 4.69) is 0 Å². The first kappa shape index (κ1) is 19.1. The van der Waals surface area contributed by atoms with Gasteiger partial charge in [-0.3, -0.25) is 9.59 Å². The van der Waals surface area contributed by atoms with Gasteiger partial charge in [0.1, 0.15) is 0 Å². The topological polar surface area (TPSA) is 66.6 Å². The molecule has 2 aliphatic rings. The number of halogens is 2. The van der Waals surface area contributed by atoms with Crippen molar-refractivity contribution in [3.63, 3.8) is 0 Å². The molecule has 2 rings (SSSR count). The monoisotopic (exact) mass is 345 g/mol. The molecule has 1 aliphatic carbocycles. The molecule has 2 amide bonds. The van der Waals surface area contributed by atoms with Crippen molar-refractivity contribution in [1.82, 2.24) is 9.80 Å². The minimum Gasteiger partial charge on any atom is -0.343 e. The summed E-state index contributed by atoms with van der Waals surface area (Å²) in [5.74, 6) is -2.83. The van der Waals surface area contributed by atoms with Crippen molar-refractivity contribution >= 4 is 11.8 Å². The van der Waals surface area contributed by atoms with Crippen LogP contribution in [0.15, 0.2) is 0 Å². The van der Waals surface area contributed by atoms with Crippen LogP contribution in [0.5, 0.6) is 0 Å². The van der Waals surface area contributed by atoms with Crippen LogP contribution in [0.4, 0.5) is 8.78 Å². The molecule has 2 atom stereocenters. The highest BCUT2D eigenvalue weighted by Gasteiger charge is 2.43. The Kier molecular flexibility index (Phi) is 5.83. The first-order chi connectivity index (χ1) is 11.1. The number of nitrogens with zero attached hydrogens (tertiary/aromatic N) is 2. The number of rotatable bonds is 4. The van der Waals surface area contributed by atoms with Gasteiger partial charge in [0.2, 0.25) is 11.8 Å². The van der Waals surface area contributed by atoms with E-state index in [1.165, 1.54) is 4.90 Å². The van der Waals surface area contributed by atoms with E-state index in [1.54, 1.807) is 11.8 Å². The molecule has 1 heterocycles. The molecule has 7 heteroatoms. The average Bonchev–Trinajstić information content (AvgIpc) is 2.92. The van der Waals surface area contributed by atoms with Crippen molar-refractivity contribution < 1.29 is 18.4 Å². The average molecular weight is 345 g/mol. The third-order valence-electron chi connectivity index (χ3n) is 5.86. The van der Waals surface area contributed by atoms with E-state index >= 15 is 0 Å². The van der Waals surface area contributed by atoms with Crippen LogP contribution in [0.1, 0.15) is 46.0 Å². The normalized spacial score (nSPS) is 29.2. The molecule has 2 fully saturated rings. The summed E-state index contributed by atoms with van der Waals surface area (Å²) in [7, 11) is 1.82. The summed E-state index contributed by atoms with van der Waals surface area (Å²) < 4.78 is 26.6. The largest absolute Gasteiger partial charge is 0.343 e. The van der Waals surface area contributed by atoms with Crippen LogP contribution in [0.2, 0.25) is 0 Å². The predicted molar refractivity (Wildman–Crippen MR) is 87.5 cm³/mol. The SMILES string of the molecule is CC(=O)N(C)C1CCC([C@H](C)[C@H](N)C(=O)N2CCC(F)(F)C2)CC1. The molecule has 5 nitrogen and oxygen atoms in total. The Hall–Kier alpha value is -1.24. The second kappa shape index (κ2) is 7.33. The van der Waals surface area contributed by atoms with Crippen molar-refractivity contribution in [2.24, 2.45) is 17.6 Å². The highest BCUT2D eigenvalue weighted by atomic mass is 19.3. The lowest BCUT2D eigenvalue weighted by Crippen LogP contribution is -2.49. The molecule has 1 saturated heterocycles. The van der Waals surface area contributed by atoms with Gasteiger partial charge in [-0.1, -0.05) is 6.92 Å². The van der Waals surface area contributed by atoms with Gasteiger partial charge in [-0.05, 0) is 37.5 Å². The fourth-order valence-corrected chi connectivity index (χ4v) is 3.92. The van der Waals surface area contributed by atoms with Crippen molar-refractivity contribution in [3.05, 3.63) is 0 Å². The van der Waals surface area contributed by atoms with Gasteiger partial charge in [0, 0.05) is 33.0 Å². The quantitative estimate of drug-likeness (QED) is 0.846. The van der Waals surface area contributed by atoms with E-state index < -0.39 is 18.5 Å². The Labute approximate surface area is 142 Å². The summed E-state index contributed by atoms with van der Waals surface area (Å²) in [6.07, 6.45) is 3.32. The van der Waals surface area contributed by atoms with Gasteiger partial charge in [-0.2, -0.15) is 0 Å². The first-order valence-electron chi connectivity index (χ1n) is 8.78. The molecule has 1 aliphatic heterocycles. The van der Waals surface area contributed by atoms with Crippen LogP contribution >= 0.6 is 0 Å². The molecule has 0 spiro atoms. The molecule has 0 aromatic carbocycles. The molecule has 0 aromatic heterocycles. The fraction of sp³-hybridized carbons (Fsp3) is 0.882. The van der Waals surface area contributed by atoms with Gasteiger partial charge < -0.3 is 15.5 Å². The second-order valence-electron chi connectivity index (χ2n) is 7.45. The van der Waals surface area contributed by atoms with Gasteiger partial charge in [-0.15, -0.1) is 0 Å². The van der Waals surface area contributed by atoms with Crippen LogP contribution in [0, 0.1) is 11.8 Å². The summed E-state index contributed by atoms with van der Waals surface area (Å²) in [6.45, 7) is 3.08. The van der Waals surface area contributed by atoms with Crippen molar-refractivity contribution in [1.29, 1.82) is 0 Å².